The molecular formula is C6H19LaLi. The SMILES string of the molecule is [CH3][La]([CH3])([CH3])([CH3])([CH3])[CH3].[LiH]. The summed E-state index contributed by atoms with van der Waals surface area (Å²) in [7, 11) is 0. The first-order chi connectivity index (χ1) is 2.45. The van der Waals surface area contributed by atoms with Crippen molar-refractivity contribution in [3.05, 3.63) is 0 Å². The Labute approximate surface area is 62.2 Å². The average Bonchev–Trinajstić information content (AvgIpc) is 0.592. The molecule has 47 valence electrons. The molecule has 0 nitrogen and oxygen atoms in total. The first-order valence-corrected chi connectivity index (χ1v) is 25.2. The van der Waals surface area contributed by atoms with Crippen molar-refractivity contribution in [2.75, 3.05) is 0 Å². The summed E-state index contributed by atoms with van der Waals surface area (Å²) in [5.41, 5.74) is 0. The minimum absolute atomic E-state index is 0. The second-order valence-electron chi connectivity index (χ2n) is 8.66. The second-order valence-corrected chi connectivity index (χ2v) is 63.0. The van der Waals surface area contributed by atoms with Crippen LogP contribution in [0.15, 0.2) is 0 Å². The van der Waals surface area contributed by atoms with Crippen molar-refractivity contribution in [3.63, 3.8) is 0 Å². The Balaban J connectivity index is 0. The standard InChI is InChI=1S/6CH3.La.Li.H/h6*1H3;;;. The van der Waals surface area contributed by atoms with Crippen molar-refractivity contribution >= 4 is 18.9 Å². The van der Waals surface area contributed by atoms with E-state index in [2.05, 4.69) is 20.0 Å². The van der Waals surface area contributed by atoms with E-state index in [4.69, 9.17) is 0 Å². The molecule has 0 aromatic heterocycles. The van der Waals surface area contributed by atoms with Gasteiger partial charge in [-0.05, 0) is 0 Å². The summed E-state index contributed by atoms with van der Waals surface area (Å²) >= 11 is -2.44. The fraction of sp³-hybridized carbons (Fsp3) is 1.00. The quantitative estimate of drug-likeness (QED) is 0.568. The van der Waals surface area contributed by atoms with Gasteiger partial charge in [0, 0.05) is 0 Å². The number of hydrogen-bond acceptors (Lipinski definition) is 0. The van der Waals surface area contributed by atoms with Crippen molar-refractivity contribution in [1.29, 1.82) is 0 Å². The van der Waals surface area contributed by atoms with E-state index in [0.29, 0.717) is 0 Å². The van der Waals surface area contributed by atoms with Crippen LogP contribution in [0.5, 0.6) is 0 Å². The Morgan fingerprint density at radius 2 is 0.625 bits per heavy atom. The van der Waals surface area contributed by atoms with Crippen LogP contribution in [-0.2, 0) is 0 Å². The summed E-state index contributed by atoms with van der Waals surface area (Å²) in [6.45, 7) is 0. The third-order valence-corrected chi connectivity index (χ3v) is 0. The molecule has 0 spiro atoms. The fourth-order valence-corrected chi connectivity index (χ4v) is 0. The molecule has 0 heterocycles. The summed E-state index contributed by atoms with van der Waals surface area (Å²) in [5.74, 6) is 0. The number of hydrogen-bond donors (Lipinski definition) is 0. The zero-order valence-corrected chi connectivity index (χ0v) is 10.2. The number of rotatable bonds is 0. The third-order valence-electron chi connectivity index (χ3n) is 0. The van der Waals surface area contributed by atoms with Crippen LogP contribution in [0.2, 0.25) is 20.0 Å². The Hall–Kier alpha value is 1.79. The Kier molecular flexibility index (Phi) is 2.95. The van der Waals surface area contributed by atoms with Crippen LogP contribution in [0.4, 0.5) is 0 Å². The third kappa shape index (κ3) is 112. The normalized spacial score (nSPS) is 20.2. The molecule has 8 heavy (non-hydrogen) atoms. The summed E-state index contributed by atoms with van der Waals surface area (Å²) < 4.78 is 14.7. The molecule has 0 bridgehead atoms. The molecule has 0 radical (unpaired) electrons. The first-order valence-electron chi connectivity index (χ1n) is 3.46. The monoisotopic (exact) mass is 237 g/mol. The molecule has 0 aromatic carbocycles. The van der Waals surface area contributed by atoms with Crippen molar-refractivity contribution < 1.29 is 24.4 Å². The molecule has 0 aliphatic heterocycles. The van der Waals surface area contributed by atoms with Gasteiger partial charge in [-0.1, -0.05) is 0 Å². The second kappa shape index (κ2) is 1.89. The van der Waals surface area contributed by atoms with Gasteiger partial charge in [0.15, 0.2) is 0 Å². The zero-order valence-electron chi connectivity index (χ0n) is 6.58. The van der Waals surface area contributed by atoms with Crippen LogP contribution in [0.1, 0.15) is 0 Å². The van der Waals surface area contributed by atoms with Crippen molar-refractivity contribution in [2.45, 2.75) is 20.0 Å². The molecule has 2 heteroatoms. The predicted molar refractivity (Wildman–Crippen MR) is 42.3 cm³/mol. The van der Waals surface area contributed by atoms with Gasteiger partial charge in [0.2, 0.25) is 0 Å². The van der Waals surface area contributed by atoms with Gasteiger partial charge in [-0.2, -0.15) is 0 Å². The topological polar surface area (TPSA) is 0 Å². The Bertz CT molecular complexity index is 67.1. The first kappa shape index (κ1) is 12.5. The maximum absolute atomic E-state index is 2.44. The summed E-state index contributed by atoms with van der Waals surface area (Å²) in [4.78, 5) is 0. The molecule has 0 aromatic rings. The van der Waals surface area contributed by atoms with Gasteiger partial charge in [-0.3, -0.25) is 0 Å². The van der Waals surface area contributed by atoms with Gasteiger partial charge < -0.3 is 0 Å². The van der Waals surface area contributed by atoms with Crippen LogP contribution >= 0.6 is 0 Å². The molecule has 0 fully saturated rings. The van der Waals surface area contributed by atoms with E-state index in [-0.39, 0.29) is 18.9 Å². The van der Waals surface area contributed by atoms with Crippen LogP contribution in [0, 0.1) is 24.4 Å². The molecule has 0 saturated carbocycles. The van der Waals surface area contributed by atoms with E-state index in [1.54, 1.807) is 0 Å². The maximum atomic E-state index is 2.44. The van der Waals surface area contributed by atoms with E-state index in [1.165, 1.54) is 0 Å². The Morgan fingerprint density at radius 1 is 0.625 bits per heavy atom. The van der Waals surface area contributed by atoms with Crippen molar-refractivity contribution in [3.8, 4) is 0 Å². The fourth-order valence-electron chi connectivity index (χ4n) is 0. The van der Waals surface area contributed by atoms with E-state index in [1.807, 2.05) is 0 Å². The molecular weight excluding hydrogens is 218 g/mol. The zero-order chi connectivity index (χ0) is 6.41. The van der Waals surface area contributed by atoms with E-state index >= 15 is 0 Å². The van der Waals surface area contributed by atoms with Gasteiger partial charge in [0.25, 0.3) is 0 Å². The van der Waals surface area contributed by atoms with Gasteiger partial charge in [-0.25, -0.2) is 0 Å². The Morgan fingerprint density at radius 3 is 0.625 bits per heavy atom. The van der Waals surface area contributed by atoms with Crippen molar-refractivity contribution in [2.24, 2.45) is 0 Å². The molecule has 0 unspecified atom stereocenters. The van der Waals surface area contributed by atoms with Gasteiger partial charge >= 0.3 is 63.2 Å². The molecule has 0 rings (SSSR count). The molecule has 0 atom stereocenters. The summed E-state index contributed by atoms with van der Waals surface area (Å²) in [6.07, 6.45) is 0. The minimum atomic E-state index is -2.44. The van der Waals surface area contributed by atoms with E-state index in [9.17, 15) is 0 Å². The van der Waals surface area contributed by atoms with Crippen molar-refractivity contribution in [1.82, 2.24) is 0 Å². The summed E-state index contributed by atoms with van der Waals surface area (Å²) in [6, 6.07) is 0. The molecule has 0 N–H and O–H groups in total. The van der Waals surface area contributed by atoms with Gasteiger partial charge in [0.1, 0.15) is 0 Å². The molecule has 0 saturated heterocycles. The summed E-state index contributed by atoms with van der Waals surface area (Å²) in [5, 5.41) is 0. The van der Waals surface area contributed by atoms with E-state index in [0.717, 1.165) is 0 Å². The van der Waals surface area contributed by atoms with Crippen LogP contribution < -0.4 is 0 Å². The molecule has 0 amide bonds. The van der Waals surface area contributed by atoms with Crippen LogP contribution in [0.3, 0.4) is 0 Å². The van der Waals surface area contributed by atoms with Gasteiger partial charge in [-0.15, -0.1) is 0 Å². The predicted octanol–water partition coefficient (Wildman–Crippen LogP) is 2.85. The average molecular weight is 237 g/mol. The molecule has 0 aliphatic rings. The van der Waals surface area contributed by atoms with Gasteiger partial charge in [0.05, 0.1) is 0 Å². The molecule has 0 aliphatic carbocycles. The van der Waals surface area contributed by atoms with E-state index < -0.39 is 24.4 Å². The van der Waals surface area contributed by atoms with Crippen LogP contribution in [0.25, 0.3) is 0 Å². The van der Waals surface area contributed by atoms with Crippen LogP contribution in [-0.4, -0.2) is 18.9 Å².